The minimum atomic E-state index is -0.328. The topological polar surface area (TPSA) is 42.2 Å². The van der Waals surface area contributed by atoms with Crippen LogP contribution < -0.4 is 0 Å². The summed E-state index contributed by atoms with van der Waals surface area (Å²) in [6.45, 7) is 3.54. The Labute approximate surface area is 125 Å². The maximum absolute atomic E-state index is 9.55. The summed E-state index contributed by atoms with van der Waals surface area (Å²) in [4.78, 5) is 0. The normalized spacial score (nSPS) is 32.2. The molecule has 0 bridgehead atoms. The summed E-state index contributed by atoms with van der Waals surface area (Å²) >= 11 is 0. The fourth-order valence-electron chi connectivity index (χ4n) is 4.50. The molecule has 4 rings (SSSR count). The van der Waals surface area contributed by atoms with Gasteiger partial charge in [-0.25, -0.2) is 0 Å². The standard InChI is InChI=1S/C18H21NO2/c1-13-2-4-14(5-3-13)16-15(12-19)17(16)6-8-18(9-7-17)20-10-11-21-18/h2-5,15-16H,6-11H2,1H3/t15-,16-/m1/s1. The third-order valence-electron chi connectivity index (χ3n) is 5.79. The number of aryl methyl sites for hydroxylation is 1. The first kappa shape index (κ1) is 13.3. The van der Waals surface area contributed by atoms with E-state index in [1.54, 1.807) is 0 Å². The molecular formula is C18H21NO2. The quantitative estimate of drug-likeness (QED) is 0.791. The van der Waals surface area contributed by atoms with Crippen molar-refractivity contribution in [3.05, 3.63) is 35.4 Å². The molecule has 0 amide bonds. The molecule has 2 spiro atoms. The molecule has 0 aromatic heterocycles. The zero-order chi connectivity index (χ0) is 14.5. The van der Waals surface area contributed by atoms with Crippen LogP contribution in [0.25, 0.3) is 0 Å². The Morgan fingerprint density at radius 2 is 1.67 bits per heavy atom. The molecule has 1 heterocycles. The van der Waals surface area contributed by atoms with Crippen LogP contribution in [0, 0.1) is 29.6 Å². The van der Waals surface area contributed by atoms with Crippen molar-refractivity contribution in [2.24, 2.45) is 11.3 Å². The molecule has 3 aliphatic rings. The Morgan fingerprint density at radius 3 is 2.24 bits per heavy atom. The highest BCUT2D eigenvalue weighted by Crippen LogP contribution is 2.72. The Bertz CT molecular complexity index is 570. The van der Waals surface area contributed by atoms with Crippen LogP contribution in [-0.2, 0) is 9.47 Å². The predicted octanol–water partition coefficient (Wildman–Crippen LogP) is 3.54. The second kappa shape index (κ2) is 4.56. The molecule has 1 aromatic rings. The van der Waals surface area contributed by atoms with Crippen molar-refractivity contribution >= 4 is 0 Å². The molecule has 3 nitrogen and oxygen atoms in total. The summed E-state index contributed by atoms with van der Waals surface area (Å²) in [6.07, 6.45) is 3.97. The van der Waals surface area contributed by atoms with Gasteiger partial charge >= 0.3 is 0 Å². The van der Waals surface area contributed by atoms with Gasteiger partial charge in [0.05, 0.1) is 25.2 Å². The van der Waals surface area contributed by atoms with Crippen molar-refractivity contribution in [1.82, 2.24) is 0 Å². The Morgan fingerprint density at radius 1 is 1.05 bits per heavy atom. The number of hydrogen-bond donors (Lipinski definition) is 0. The largest absolute Gasteiger partial charge is 0.348 e. The van der Waals surface area contributed by atoms with E-state index in [0.717, 1.165) is 38.9 Å². The van der Waals surface area contributed by atoms with E-state index in [1.807, 2.05) is 0 Å². The lowest BCUT2D eigenvalue weighted by atomic mass is 9.79. The molecule has 2 saturated carbocycles. The summed E-state index contributed by atoms with van der Waals surface area (Å²) in [5.41, 5.74) is 2.78. The van der Waals surface area contributed by atoms with Gasteiger partial charge in [0.1, 0.15) is 0 Å². The molecule has 0 radical (unpaired) electrons. The van der Waals surface area contributed by atoms with E-state index >= 15 is 0 Å². The van der Waals surface area contributed by atoms with Crippen LogP contribution in [0.15, 0.2) is 24.3 Å². The number of rotatable bonds is 1. The van der Waals surface area contributed by atoms with E-state index in [-0.39, 0.29) is 17.1 Å². The van der Waals surface area contributed by atoms with Gasteiger partial charge < -0.3 is 9.47 Å². The molecule has 0 N–H and O–H groups in total. The third-order valence-corrected chi connectivity index (χ3v) is 5.79. The van der Waals surface area contributed by atoms with Crippen molar-refractivity contribution in [2.45, 2.75) is 44.3 Å². The molecule has 3 fully saturated rings. The zero-order valence-corrected chi connectivity index (χ0v) is 12.5. The molecule has 110 valence electrons. The van der Waals surface area contributed by atoms with Gasteiger partial charge in [0.15, 0.2) is 5.79 Å². The fourth-order valence-corrected chi connectivity index (χ4v) is 4.50. The van der Waals surface area contributed by atoms with Gasteiger partial charge in [-0.1, -0.05) is 29.8 Å². The lowest BCUT2D eigenvalue weighted by Crippen LogP contribution is -2.36. The van der Waals surface area contributed by atoms with Gasteiger partial charge in [-0.15, -0.1) is 0 Å². The Balaban J connectivity index is 1.55. The van der Waals surface area contributed by atoms with Crippen molar-refractivity contribution in [3.63, 3.8) is 0 Å². The molecule has 21 heavy (non-hydrogen) atoms. The fraction of sp³-hybridized carbons (Fsp3) is 0.611. The van der Waals surface area contributed by atoms with E-state index in [9.17, 15) is 5.26 Å². The number of nitrogens with zero attached hydrogens (tertiary/aromatic N) is 1. The summed E-state index contributed by atoms with van der Waals surface area (Å²) in [6, 6.07) is 11.3. The molecule has 3 heteroatoms. The molecular weight excluding hydrogens is 262 g/mol. The van der Waals surface area contributed by atoms with Crippen LogP contribution in [0.2, 0.25) is 0 Å². The van der Waals surface area contributed by atoms with Crippen LogP contribution in [0.1, 0.15) is 42.7 Å². The SMILES string of the molecule is Cc1ccc([C@@H]2[C@@H](C#N)C23CCC2(CC3)OCCO2)cc1. The summed E-state index contributed by atoms with van der Waals surface area (Å²) in [7, 11) is 0. The van der Waals surface area contributed by atoms with E-state index in [1.165, 1.54) is 11.1 Å². The molecule has 2 aliphatic carbocycles. The number of hydrogen-bond acceptors (Lipinski definition) is 3. The number of ether oxygens (including phenoxy) is 2. The lowest BCUT2D eigenvalue weighted by molar-refractivity contribution is -0.185. The van der Waals surface area contributed by atoms with Crippen molar-refractivity contribution in [2.75, 3.05) is 13.2 Å². The lowest BCUT2D eigenvalue weighted by Gasteiger charge is -2.36. The van der Waals surface area contributed by atoms with Crippen LogP contribution in [0.4, 0.5) is 0 Å². The van der Waals surface area contributed by atoms with Crippen molar-refractivity contribution in [3.8, 4) is 6.07 Å². The predicted molar refractivity (Wildman–Crippen MR) is 78.6 cm³/mol. The van der Waals surface area contributed by atoms with Crippen molar-refractivity contribution < 1.29 is 9.47 Å². The zero-order valence-electron chi connectivity index (χ0n) is 12.5. The minimum Gasteiger partial charge on any atom is -0.348 e. The van der Waals surface area contributed by atoms with Crippen LogP contribution in [-0.4, -0.2) is 19.0 Å². The average molecular weight is 283 g/mol. The first-order valence-electron chi connectivity index (χ1n) is 7.93. The van der Waals surface area contributed by atoms with Gasteiger partial charge in [0.25, 0.3) is 0 Å². The Kier molecular flexibility index (Phi) is 2.89. The van der Waals surface area contributed by atoms with Crippen molar-refractivity contribution in [1.29, 1.82) is 5.26 Å². The number of benzene rings is 1. The minimum absolute atomic E-state index is 0.166. The van der Waals surface area contributed by atoms with E-state index in [2.05, 4.69) is 37.3 Å². The molecule has 1 aromatic carbocycles. The maximum Gasteiger partial charge on any atom is 0.168 e. The summed E-state index contributed by atoms with van der Waals surface area (Å²) in [5.74, 6) is 0.242. The first-order chi connectivity index (χ1) is 10.2. The highest BCUT2D eigenvalue weighted by atomic mass is 16.7. The van der Waals surface area contributed by atoms with Gasteiger partial charge in [-0.05, 0) is 30.7 Å². The smallest absolute Gasteiger partial charge is 0.168 e. The maximum atomic E-state index is 9.55. The summed E-state index contributed by atoms with van der Waals surface area (Å²) in [5, 5.41) is 9.55. The van der Waals surface area contributed by atoms with Gasteiger partial charge in [0.2, 0.25) is 0 Å². The van der Waals surface area contributed by atoms with Gasteiger partial charge in [0, 0.05) is 18.8 Å². The second-order valence-electron chi connectivity index (χ2n) is 6.84. The highest BCUT2D eigenvalue weighted by Gasteiger charge is 2.67. The molecule has 1 aliphatic heterocycles. The molecule has 2 atom stereocenters. The highest BCUT2D eigenvalue weighted by molar-refractivity contribution is 5.38. The van der Waals surface area contributed by atoms with Crippen LogP contribution >= 0.6 is 0 Å². The van der Waals surface area contributed by atoms with E-state index < -0.39 is 0 Å². The third kappa shape index (κ3) is 1.93. The van der Waals surface area contributed by atoms with Gasteiger partial charge in [-0.2, -0.15) is 5.26 Å². The summed E-state index contributed by atoms with van der Waals surface area (Å²) < 4.78 is 11.6. The monoisotopic (exact) mass is 283 g/mol. The number of nitriles is 1. The van der Waals surface area contributed by atoms with Crippen LogP contribution in [0.3, 0.4) is 0 Å². The van der Waals surface area contributed by atoms with E-state index in [4.69, 9.17) is 9.47 Å². The van der Waals surface area contributed by atoms with Gasteiger partial charge in [-0.3, -0.25) is 0 Å². The van der Waals surface area contributed by atoms with E-state index in [0.29, 0.717) is 5.92 Å². The first-order valence-corrected chi connectivity index (χ1v) is 7.93. The Hall–Kier alpha value is -1.37. The second-order valence-corrected chi connectivity index (χ2v) is 6.84. The molecule has 0 unspecified atom stereocenters. The average Bonchev–Trinajstić information content (AvgIpc) is 2.89. The van der Waals surface area contributed by atoms with Crippen LogP contribution in [0.5, 0.6) is 0 Å². The molecule has 1 saturated heterocycles.